The Bertz CT molecular complexity index is 624. The number of hydrogen-bond donors (Lipinski definition) is 3. The van der Waals surface area contributed by atoms with E-state index < -0.39 is 36.9 Å². The Morgan fingerprint density at radius 3 is 2.75 bits per heavy atom. The molecule has 2 rings (SSSR count). The maximum absolute atomic E-state index is 12.2. The fourth-order valence-corrected chi connectivity index (χ4v) is 2.33. The van der Waals surface area contributed by atoms with Gasteiger partial charge in [-0.25, -0.2) is 4.79 Å². The first-order chi connectivity index (χ1) is 11.2. The van der Waals surface area contributed by atoms with Crippen LogP contribution in [0.2, 0.25) is 0 Å². The molecule has 2 atom stereocenters. The van der Waals surface area contributed by atoms with E-state index in [1.807, 2.05) is 0 Å². The van der Waals surface area contributed by atoms with Gasteiger partial charge in [-0.05, 0) is 12.1 Å². The summed E-state index contributed by atoms with van der Waals surface area (Å²) in [4.78, 5) is 24.6. The van der Waals surface area contributed by atoms with Gasteiger partial charge >= 0.3 is 12.2 Å². The molecule has 1 aromatic rings. The molecule has 0 aromatic heterocycles. The highest BCUT2D eigenvalue weighted by Gasteiger charge is 2.37. The number of nitrogens with one attached hydrogen (secondary N) is 1. The van der Waals surface area contributed by atoms with Gasteiger partial charge in [-0.2, -0.15) is 13.2 Å². The molecule has 1 aliphatic heterocycles. The van der Waals surface area contributed by atoms with Crippen LogP contribution in [0, 0.1) is 0 Å². The zero-order chi connectivity index (χ0) is 17.9. The third kappa shape index (κ3) is 4.75. The molecular formula is C14H16F3N3O4. The largest absolute Gasteiger partial charge is 0.484 e. The monoisotopic (exact) mass is 347 g/mol. The number of ether oxygens (including phenoxy) is 1. The van der Waals surface area contributed by atoms with Gasteiger partial charge < -0.3 is 25.8 Å². The van der Waals surface area contributed by atoms with E-state index >= 15 is 0 Å². The highest BCUT2D eigenvalue weighted by atomic mass is 19.4. The van der Waals surface area contributed by atoms with Crippen LogP contribution in [-0.2, 0) is 4.79 Å². The van der Waals surface area contributed by atoms with Crippen molar-refractivity contribution in [3.63, 3.8) is 0 Å². The van der Waals surface area contributed by atoms with Crippen molar-refractivity contribution in [3.05, 3.63) is 24.3 Å². The van der Waals surface area contributed by atoms with Crippen LogP contribution in [0.5, 0.6) is 5.75 Å². The molecule has 4 N–H and O–H groups in total. The molecule has 1 fully saturated rings. The first kappa shape index (κ1) is 17.9. The first-order valence-electron chi connectivity index (χ1n) is 7.00. The number of urea groups is 1. The van der Waals surface area contributed by atoms with E-state index in [0.717, 1.165) is 4.90 Å². The lowest BCUT2D eigenvalue weighted by Crippen LogP contribution is -2.45. The van der Waals surface area contributed by atoms with Gasteiger partial charge in [-0.1, -0.05) is 6.07 Å². The predicted molar refractivity (Wildman–Crippen MR) is 77.3 cm³/mol. The minimum atomic E-state index is -4.47. The van der Waals surface area contributed by atoms with E-state index in [-0.39, 0.29) is 24.4 Å². The van der Waals surface area contributed by atoms with Crippen LogP contribution in [0.1, 0.15) is 6.42 Å². The molecule has 7 nitrogen and oxygen atoms in total. The third-order valence-electron chi connectivity index (χ3n) is 3.36. The number of benzene rings is 1. The lowest BCUT2D eigenvalue weighted by molar-refractivity contribution is -0.153. The molecule has 0 spiro atoms. The standard InChI is InChI=1S/C14H16F3N3O4/c15-14(16,17)7-24-10-3-1-2-8(4-10)19-13(23)20-6-9(21)5-11(20)12(18)22/h1-4,9,11,21H,5-7H2,(H2,18,22)(H,19,23)/t9-,11+/m1/s1. The molecule has 1 saturated heterocycles. The number of β-amino-alcohol motifs (C(OH)–C–C–N with tert-alkyl or cyclic N) is 1. The summed E-state index contributed by atoms with van der Waals surface area (Å²) in [5.41, 5.74) is 5.37. The Morgan fingerprint density at radius 2 is 2.12 bits per heavy atom. The van der Waals surface area contributed by atoms with E-state index in [1.54, 1.807) is 0 Å². The van der Waals surface area contributed by atoms with Crippen LogP contribution in [0.4, 0.5) is 23.7 Å². The smallest absolute Gasteiger partial charge is 0.422 e. The molecule has 1 heterocycles. The second-order valence-corrected chi connectivity index (χ2v) is 5.32. The highest BCUT2D eigenvalue weighted by molar-refractivity contribution is 5.94. The lowest BCUT2D eigenvalue weighted by atomic mass is 10.2. The number of hydrogen-bond acceptors (Lipinski definition) is 4. The molecule has 24 heavy (non-hydrogen) atoms. The average Bonchev–Trinajstić information content (AvgIpc) is 2.87. The summed E-state index contributed by atoms with van der Waals surface area (Å²) in [7, 11) is 0. The van der Waals surface area contributed by atoms with Crippen molar-refractivity contribution < 1.29 is 32.6 Å². The molecule has 3 amide bonds. The minimum absolute atomic E-state index is 0.0392. The maximum Gasteiger partial charge on any atom is 0.422 e. The number of nitrogens with zero attached hydrogens (tertiary/aromatic N) is 1. The first-order valence-corrected chi connectivity index (χ1v) is 7.00. The Hall–Kier alpha value is -2.49. The van der Waals surface area contributed by atoms with E-state index in [4.69, 9.17) is 5.73 Å². The van der Waals surface area contributed by atoms with Crippen LogP contribution < -0.4 is 15.8 Å². The van der Waals surface area contributed by atoms with E-state index in [0.29, 0.717) is 0 Å². The van der Waals surface area contributed by atoms with Crippen molar-refractivity contribution in [2.75, 3.05) is 18.5 Å². The molecule has 0 unspecified atom stereocenters. The molecule has 0 radical (unpaired) electrons. The third-order valence-corrected chi connectivity index (χ3v) is 3.36. The van der Waals surface area contributed by atoms with E-state index in [1.165, 1.54) is 24.3 Å². The molecular weight excluding hydrogens is 331 g/mol. The second-order valence-electron chi connectivity index (χ2n) is 5.32. The van der Waals surface area contributed by atoms with Crippen LogP contribution in [0.25, 0.3) is 0 Å². The summed E-state index contributed by atoms with van der Waals surface area (Å²) >= 11 is 0. The number of nitrogens with two attached hydrogens (primary N) is 1. The summed E-state index contributed by atoms with van der Waals surface area (Å²) in [6.45, 7) is -1.52. The quantitative estimate of drug-likeness (QED) is 0.758. The summed E-state index contributed by atoms with van der Waals surface area (Å²) in [5, 5.41) is 12.0. The van der Waals surface area contributed by atoms with E-state index in [9.17, 15) is 27.9 Å². The number of amides is 3. The van der Waals surface area contributed by atoms with Crippen LogP contribution in [-0.4, -0.2) is 53.4 Å². The van der Waals surface area contributed by atoms with Gasteiger partial charge in [0.25, 0.3) is 0 Å². The van der Waals surface area contributed by atoms with Gasteiger partial charge in [-0.15, -0.1) is 0 Å². The zero-order valence-corrected chi connectivity index (χ0v) is 12.4. The van der Waals surface area contributed by atoms with Crippen LogP contribution >= 0.6 is 0 Å². The normalized spacial score (nSPS) is 20.8. The van der Waals surface area contributed by atoms with E-state index in [2.05, 4.69) is 10.1 Å². The number of carbonyl (C=O) groups is 2. The summed E-state index contributed by atoms with van der Waals surface area (Å²) in [6, 6.07) is 3.76. The Balaban J connectivity index is 2.02. The topological polar surface area (TPSA) is 105 Å². The number of carbonyl (C=O) groups excluding carboxylic acids is 2. The van der Waals surface area contributed by atoms with Crippen molar-refractivity contribution in [2.45, 2.75) is 24.7 Å². The number of halogens is 3. The number of likely N-dealkylation sites (tertiary alicyclic amines) is 1. The average molecular weight is 347 g/mol. The fourth-order valence-electron chi connectivity index (χ4n) is 2.33. The van der Waals surface area contributed by atoms with Gasteiger partial charge in [0.15, 0.2) is 6.61 Å². The minimum Gasteiger partial charge on any atom is -0.484 e. The molecule has 0 aliphatic carbocycles. The Morgan fingerprint density at radius 1 is 1.42 bits per heavy atom. The Kier molecular flexibility index (Phi) is 5.17. The van der Waals surface area contributed by atoms with Crippen molar-refractivity contribution in [3.8, 4) is 5.75 Å². The van der Waals surface area contributed by atoms with Gasteiger partial charge in [0.1, 0.15) is 11.8 Å². The van der Waals surface area contributed by atoms with Gasteiger partial charge in [-0.3, -0.25) is 4.79 Å². The summed E-state index contributed by atoms with van der Waals surface area (Å²) in [5.74, 6) is -0.818. The van der Waals surface area contributed by atoms with Crippen molar-refractivity contribution in [2.24, 2.45) is 5.73 Å². The van der Waals surface area contributed by atoms with Gasteiger partial charge in [0.2, 0.25) is 5.91 Å². The van der Waals surface area contributed by atoms with Crippen LogP contribution in [0.15, 0.2) is 24.3 Å². The summed E-state index contributed by atoms with van der Waals surface area (Å²) < 4.78 is 41.0. The highest BCUT2D eigenvalue weighted by Crippen LogP contribution is 2.23. The Labute approximate surface area is 135 Å². The number of rotatable bonds is 4. The fraction of sp³-hybridized carbons (Fsp3) is 0.429. The van der Waals surface area contributed by atoms with Crippen molar-refractivity contribution in [1.29, 1.82) is 0 Å². The van der Waals surface area contributed by atoms with Crippen molar-refractivity contribution in [1.82, 2.24) is 4.90 Å². The maximum atomic E-state index is 12.2. The number of primary amides is 1. The molecule has 0 saturated carbocycles. The molecule has 132 valence electrons. The second kappa shape index (κ2) is 6.95. The number of aliphatic hydroxyl groups excluding tert-OH is 1. The SMILES string of the molecule is NC(=O)[C@@H]1C[C@@H](O)CN1C(=O)Nc1cccc(OCC(F)(F)F)c1. The van der Waals surface area contributed by atoms with Crippen LogP contribution in [0.3, 0.4) is 0 Å². The zero-order valence-electron chi connectivity index (χ0n) is 12.4. The van der Waals surface area contributed by atoms with Crippen molar-refractivity contribution >= 4 is 17.6 Å². The molecule has 1 aromatic carbocycles. The number of anilines is 1. The summed E-state index contributed by atoms with van der Waals surface area (Å²) in [6.07, 6.45) is -5.30. The number of aliphatic hydroxyl groups is 1. The molecule has 0 bridgehead atoms. The predicted octanol–water partition coefficient (Wildman–Crippen LogP) is 1.08. The number of alkyl halides is 3. The lowest BCUT2D eigenvalue weighted by Gasteiger charge is -2.22. The molecule has 1 aliphatic rings. The van der Waals surface area contributed by atoms with Gasteiger partial charge in [0.05, 0.1) is 6.10 Å². The molecule has 10 heteroatoms. The van der Waals surface area contributed by atoms with Gasteiger partial charge in [0, 0.05) is 24.7 Å².